The molecule has 0 aliphatic rings. The number of allylic oxidation sites excluding steroid dienone is 1. The number of hydrogen-bond acceptors (Lipinski definition) is 5. The number of hydrogen-bond donors (Lipinski definition) is 0. The van der Waals surface area contributed by atoms with Crippen molar-refractivity contribution in [2.75, 3.05) is 26.4 Å². The summed E-state index contributed by atoms with van der Waals surface area (Å²) in [6, 6.07) is 7.89. The summed E-state index contributed by atoms with van der Waals surface area (Å²) in [6.45, 7) is 7.25. The molecule has 0 saturated carbocycles. The second-order valence-corrected chi connectivity index (χ2v) is 7.57. The summed E-state index contributed by atoms with van der Waals surface area (Å²) < 4.78 is 17.0. The van der Waals surface area contributed by atoms with Gasteiger partial charge in [-0.05, 0) is 56.4 Å². The molecule has 5 heteroatoms. The molecule has 1 heterocycles. The highest BCUT2D eigenvalue weighted by molar-refractivity contribution is 5.56. The van der Waals surface area contributed by atoms with E-state index in [1.807, 2.05) is 24.3 Å². The molecule has 0 aliphatic heterocycles. The summed E-state index contributed by atoms with van der Waals surface area (Å²) >= 11 is 0. The fourth-order valence-corrected chi connectivity index (χ4v) is 3.00. The largest absolute Gasteiger partial charge is 0.494 e. The molecule has 0 radical (unpaired) electrons. The number of unbranched alkanes of at least 4 members (excludes halogenated alkanes) is 5. The van der Waals surface area contributed by atoms with Crippen molar-refractivity contribution in [1.29, 1.82) is 0 Å². The Bertz CT molecular complexity index is 714. The number of ether oxygens (including phenoxy) is 3. The maximum Gasteiger partial charge on any atom is 0.159 e. The third-order valence-corrected chi connectivity index (χ3v) is 4.78. The van der Waals surface area contributed by atoms with E-state index in [4.69, 9.17) is 14.2 Å². The molecular weight excluding hydrogens is 388 g/mol. The summed E-state index contributed by atoms with van der Waals surface area (Å²) in [5.74, 6) is 2.22. The van der Waals surface area contributed by atoms with Crippen LogP contribution >= 0.6 is 0 Å². The molecular formula is C26H38N2O3. The smallest absolute Gasteiger partial charge is 0.159 e. The molecule has 0 N–H and O–H groups in total. The van der Waals surface area contributed by atoms with Crippen LogP contribution in [0.25, 0.3) is 11.4 Å². The van der Waals surface area contributed by atoms with Crippen LogP contribution in [0.5, 0.6) is 11.5 Å². The van der Waals surface area contributed by atoms with Gasteiger partial charge >= 0.3 is 0 Å². The maximum atomic E-state index is 5.79. The standard InChI is InChI=1S/C26H38N2O3/c1-3-5-6-7-8-9-10-19-31-25-21-27-26(28-22-25)23-13-15-24(16-14-23)30-20-12-11-18-29-17-4-2/h9-10,13-16,21-22H,3-8,11-12,17-20H2,1-2H3. The van der Waals surface area contributed by atoms with Crippen molar-refractivity contribution in [3.8, 4) is 22.9 Å². The van der Waals surface area contributed by atoms with Gasteiger partial charge in [0.2, 0.25) is 0 Å². The van der Waals surface area contributed by atoms with Gasteiger partial charge in [-0.1, -0.05) is 45.3 Å². The van der Waals surface area contributed by atoms with E-state index >= 15 is 0 Å². The summed E-state index contributed by atoms with van der Waals surface area (Å²) in [7, 11) is 0. The lowest BCUT2D eigenvalue weighted by atomic mass is 10.1. The Labute approximate surface area is 187 Å². The summed E-state index contributed by atoms with van der Waals surface area (Å²) in [5.41, 5.74) is 0.957. The number of aromatic nitrogens is 2. The van der Waals surface area contributed by atoms with Crippen LogP contribution in [0.15, 0.2) is 48.8 Å². The molecule has 0 saturated heterocycles. The van der Waals surface area contributed by atoms with Crippen LogP contribution in [0.3, 0.4) is 0 Å². The lowest BCUT2D eigenvalue weighted by Gasteiger charge is -2.08. The van der Waals surface area contributed by atoms with Crippen LogP contribution in [0.4, 0.5) is 0 Å². The lowest BCUT2D eigenvalue weighted by Crippen LogP contribution is -2.01. The van der Waals surface area contributed by atoms with Gasteiger partial charge in [-0.3, -0.25) is 0 Å². The SMILES string of the molecule is CCCCCCC=CCOc1cnc(-c2ccc(OCCCCOCCC)cc2)nc1. The van der Waals surface area contributed by atoms with E-state index in [2.05, 4.69) is 36.0 Å². The van der Waals surface area contributed by atoms with E-state index in [-0.39, 0.29) is 0 Å². The second kappa shape index (κ2) is 16.3. The molecule has 0 aliphatic carbocycles. The van der Waals surface area contributed by atoms with E-state index in [9.17, 15) is 0 Å². The van der Waals surface area contributed by atoms with Crippen LogP contribution in [-0.2, 0) is 4.74 Å². The fourth-order valence-electron chi connectivity index (χ4n) is 3.00. The van der Waals surface area contributed by atoms with E-state index in [0.717, 1.165) is 50.2 Å². The second-order valence-electron chi connectivity index (χ2n) is 7.57. The van der Waals surface area contributed by atoms with Crippen molar-refractivity contribution >= 4 is 0 Å². The van der Waals surface area contributed by atoms with Gasteiger partial charge in [0.1, 0.15) is 12.4 Å². The Balaban J connectivity index is 1.67. The molecule has 1 aromatic heterocycles. The quantitative estimate of drug-likeness (QED) is 0.210. The fraction of sp³-hybridized carbons (Fsp3) is 0.538. The van der Waals surface area contributed by atoms with Crippen LogP contribution in [-0.4, -0.2) is 36.4 Å². The summed E-state index contributed by atoms with van der Waals surface area (Å²) in [4.78, 5) is 8.85. The first-order chi connectivity index (χ1) is 15.3. The average Bonchev–Trinajstić information content (AvgIpc) is 2.81. The van der Waals surface area contributed by atoms with Crippen LogP contribution in [0.2, 0.25) is 0 Å². The van der Waals surface area contributed by atoms with Crippen molar-refractivity contribution in [3.05, 3.63) is 48.8 Å². The zero-order valence-electron chi connectivity index (χ0n) is 19.2. The average molecular weight is 427 g/mol. The van der Waals surface area contributed by atoms with Crippen molar-refractivity contribution in [1.82, 2.24) is 9.97 Å². The molecule has 0 unspecified atom stereocenters. The summed E-state index contributed by atoms with van der Waals surface area (Å²) in [6.07, 6.45) is 17.0. The molecule has 170 valence electrons. The minimum atomic E-state index is 0.549. The lowest BCUT2D eigenvalue weighted by molar-refractivity contribution is 0.127. The predicted molar refractivity (Wildman–Crippen MR) is 127 cm³/mol. The Morgan fingerprint density at radius 1 is 0.710 bits per heavy atom. The van der Waals surface area contributed by atoms with Crippen LogP contribution in [0, 0.1) is 0 Å². The molecule has 2 aromatic rings. The Morgan fingerprint density at radius 3 is 2.23 bits per heavy atom. The monoisotopic (exact) mass is 426 g/mol. The topological polar surface area (TPSA) is 53.5 Å². The first-order valence-electron chi connectivity index (χ1n) is 11.7. The van der Waals surface area contributed by atoms with Crippen molar-refractivity contribution in [2.24, 2.45) is 0 Å². The summed E-state index contributed by atoms with van der Waals surface area (Å²) in [5, 5.41) is 0. The predicted octanol–water partition coefficient (Wildman–Crippen LogP) is 6.63. The maximum absolute atomic E-state index is 5.79. The van der Waals surface area contributed by atoms with Gasteiger partial charge in [-0.2, -0.15) is 0 Å². The molecule has 5 nitrogen and oxygen atoms in total. The first-order valence-corrected chi connectivity index (χ1v) is 11.7. The Morgan fingerprint density at radius 2 is 1.48 bits per heavy atom. The van der Waals surface area contributed by atoms with E-state index in [1.165, 1.54) is 25.7 Å². The highest BCUT2D eigenvalue weighted by Crippen LogP contribution is 2.20. The van der Waals surface area contributed by atoms with Crippen molar-refractivity contribution < 1.29 is 14.2 Å². The van der Waals surface area contributed by atoms with E-state index in [1.54, 1.807) is 12.4 Å². The van der Waals surface area contributed by atoms with Gasteiger partial charge in [0.05, 0.1) is 19.0 Å². The van der Waals surface area contributed by atoms with Crippen LogP contribution in [0.1, 0.15) is 65.2 Å². The van der Waals surface area contributed by atoms with Gasteiger partial charge in [-0.15, -0.1) is 0 Å². The Kier molecular flexibility index (Phi) is 13.1. The third-order valence-electron chi connectivity index (χ3n) is 4.78. The zero-order valence-corrected chi connectivity index (χ0v) is 19.2. The molecule has 0 atom stereocenters. The van der Waals surface area contributed by atoms with Gasteiger partial charge in [0.15, 0.2) is 11.6 Å². The minimum Gasteiger partial charge on any atom is -0.494 e. The molecule has 31 heavy (non-hydrogen) atoms. The van der Waals surface area contributed by atoms with E-state index in [0.29, 0.717) is 24.8 Å². The van der Waals surface area contributed by atoms with Gasteiger partial charge < -0.3 is 14.2 Å². The molecule has 2 rings (SSSR count). The van der Waals surface area contributed by atoms with Crippen molar-refractivity contribution in [3.63, 3.8) is 0 Å². The number of nitrogens with zero attached hydrogens (tertiary/aromatic N) is 2. The highest BCUT2D eigenvalue weighted by atomic mass is 16.5. The number of benzene rings is 1. The van der Waals surface area contributed by atoms with Crippen molar-refractivity contribution in [2.45, 2.75) is 65.2 Å². The molecule has 0 spiro atoms. The number of rotatable bonds is 17. The molecule has 0 amide bonds. The highest BCUT2D eigenvalue weighted by Gasteiger charge is 2.03. The third kappa shape index (κ3) is 11.0. The van der Waals surface area contributed by atoms with Gasteiger partial charge in [0, 0.05) is 18.8 Å². The van der Waals surface area contributed by atoms with E-state index < -0.39 is 0 Å². The van der Waals surface area contributed by atoms with Gasteiger partial charge in [0.25, 0.3) is 0 Å². The molecule has 0 bridgehead atoms. The minimum absolute atomic E-state index is 0.549. The Hall–Kier alpha value is -2.40. The zero-order chi connectivity index (χ0) is 22.0. The first kappa shape index (κ1) is 24.9. The van der Waals surface area contributed by atoms with Crippen LogP contribution < -0.4 is 9.47 Å². The molecule has 1 aromatic carbocycles. The van der Waals surface area contributed by atoms with Gasteiger partial charge in [-0.25, -0.2) is 9.97 Å². The normalized spacial score (nSPS) is 11.2. The molecule has 0 fully saturated rings.